The van der Waals surface area contributed by atoms with Crippen LogP contribution >= 0.6 is 0 Å². The number of hydrogen-bond acceptors (Lipinski definition) is 6. The van der Waals surface area contributed by atoms with Crippen LogP contribution in [0, 0.1) is 0 Å². The molecule has 0 saturated carbocycles. The molecule has 0 saturated heterocycles. The molecule has 0 spiro atoms. The number of benzene rings is 2. The second-order valence-corrected chi connectivity index (χ2v) is 4.88. The quantitative estimate of drug-likeness (QED) is 0.348. The molecule has 0 atom stereocenters. The maximum absolute atomic E-state index is 12.5. The van der Waals surface area contributed by atoms with Gasteiger partial charge in [-0.3, -0.25) is 9.59 Å². The zero-order chi connectivity index (χ0) is 18.2. The van der Waals surface area contributed by atoms with E-state index < -0.39 is 11.9 Å². The minimum atomic E-state index is -0.692. The first-order valence-corrected chi connectivity index (χ1v) is 7.34. The average molecular weight is 340 g/mol. The lowest BCUT2D eigenvalue weighted by molar-refractivity contribution is -0.131. The lowest BCUT2D eigenvalue weighted by Crippen LogP contribution is -2.13. The summed E-state index contributed by atoms with van der Waals surface area (Å²) in [5, 5.41) is 0. The van der Waals surface area contributed by atoms with Gasteiger partial charge in [0.05, 0.1) is 7.11 Å². The van der Waals surface area contributed by atoms with Gasteiger partial charge in [-0.15, -0.1) is 0 Å². The molecule has 0 aliphatic carbocycles. The van der Waals surface area contributed by atoms with Crippen molar-refractivity contribution in [1.29, 1.82) is 0 Å². The van der Waals surface area contributed by atoms with E-state index in [2.05, 4.69) is 0 Å². The standard InChI is InChI=1S/C19H16O6/c1-13(21)24-18-8-4-3-7-16(18)19(22)25-17-10-9-15(23-2)12-14(17)6-5-11-20/h3-12H,1-2H3/b6-5+. The van der Waals surface area contributed by atoms with Crippen LogP contribution in [0.5, 0.6) is 17.2 Å². The van der Waals surface area contributed by atoms with Gasteiger partial charge < -0.3 is 14.2 Å². The Kier molecular flexibility index (Phi) is 6.06. The molecule has 2 aromatic rings. The van der Waals surface area contributed by atoms with Crippen LogP contribution in [0.3, 0.4) is 0 Å². The zero-order valence-electron chi connectivity index (χ0n) is 13.7. The van der Waals surface area contributed by atoms with Crippen molar-refractivity contribution in [2.75, 3.05) is 7.11 Å². The minimum absolute atomic E-state index is 0.110. The third kappa shape index (κ3) is 4.78. The van der Waals surface area contributed by atoms with E-state index in [-0.39, 0.29) is 17.1 Å². The molecule has 6 heteroatoms. The molecule has 0 N–H and O–H groups in total. The number of allylic oxidation sites excluding steroid dienone is 1. The first-order valence-electron chi connectivity index (χ1n) is 7.34. The summed E-state index contributed by atoms with van der Waals surface area (Å²) in [5.74, 6) is -0.340. The first-order chi connectivity index (χ1) is 12.0. The molecule has 0 unspecified atom stereocenters. The van der Waals surface area contributed by atoms with Gasteiger partial charge >= 0.3 is 11.9 Å². The topological polar surface area (TPSA) is 78.9 Å². The number of aldehydes is 1. The number of esters is 2. The van der Waals surface area contributed by atoms with Gasteiger partial charge in [-0.05, 0) is 42.5 Å². The Balaban J connectivity index is 2.33. The van der Waals surface area contributed by atoms with Gasteiger partial charge in [-0.2, -0.15) is 0 Å². The van der Waals surface area contributed by atoms with E-state index in [0.717, 1.165) is 0 Å². The number of carbonyl (C=O) groups is 3. The van der Waals surface area contributed by atoms with Gasteiger partial charge in [-0.1, -0.05) is 12.1 Å². The highest BCUT2D eigenvalue weighted by Crippen LogP contribution is 2.27. The molecule has 2 aromatic carbocycles. The van der Waals surface area contributed by atoms with Gasteiger partial charge in [0.2, 0.25) is 0 Å². The minimum Gasteiger partial charge on any atom is -0.497 e. The number of ether oxygens (including phenoxy) is 3. The fraction of sp³-hybridized carbons (Fsp3) is 0.105. The van der Waals surface area contributed by atoms with Crippen molar-refractivity contribution in [3.8, 4) is 17.2 Å². The fourth-order valence-electron chi connectivity index (χ4n) is 2.05. The Morgan fingerprint density at radius 3 is 2.44 bits per heavy atom. The van der Waals surface area contributed by atoms with Crippen molar-refractivity contribution in [2.45, 2.75) is 6.92 Å². The number of carbonyl (C=O) groups excluding carboxylic acids is 3. The lowest BCUT2D eigenvalue weighted by atomic mass is 10.1. The van der Waals surface area contributed by atoms with Gasteiger partial charge in [0.1, 0.15) is 29.1 Å². The summed E-state index contributed by atoms with van der Waals surface area (Å²) in [5.41, 5.74) is 0.601. The van der Waals surface area contributed by atoms with Crippen molar-refractivity contribution in [3.63, 3.8) is 0 Å². The number of para-hydroxylation sites is 1. The SMILES string of the molecule is COc1ccc(OC(=O)c2ccccc2OC(C)=O)c(/C=C/C=O)c1. The van der Waals surface area contributed by atoms with E-state index in [9.17, 15) is 14.4 Å². The Hall–Kier alpha value is -3.41. The van der Waals surface area contributed by atoms with Crippen molar-refractivity contribution in [3.05, 3.63) is 59.7 Å². The Bertz CT molecular complexity index is 822. The van der Waals surface area contributed by atoms with E-state index in [1.54, 1.807) is 30.3 Å². The summed E-state index contributed by atoms with van der Waals surface area (Å²) >= 11 is 0. The fourth-order valence-corrected chi connectivity index (χ4v) is 2.05. The monoisotopic (exact) mass is 340 g/mol. The molecule has 0 aliphatic rings. The summed E-state index contributed by atoms with van der Waals surface area (Å²) in [4.78, 5) is 34.2. The molecule has 0 radical (unpaired) electrons. The van der Waals surface area contributed by atoms with Crippen molar-refractivity contribution in [1.82, 2.24) is 0 Å². The predicted molar refractivity (Wildman–Crippen MR) is 90.8 cm³/mol. The smallest absolute Gasteiger partial charge is 0.347 e. The van der Waals surface area contributed by atoms with Crippen LogP contribution in [-0.4, -0.2) is 25.3 Å². The van der Waals surface area contributed by atoms with Crippen molar-refractivity contribution >= 4 is 24.3 Å². The summed E-state index contributed by atoms with van der Waals surface area (Å²) < 4.78 is 15.5. The number of rotatable bonds is 6. The number of methoxy groups -OCH3 is 1. The van der Waals surface area contributed by atoms with Gasteiger partial charge in [0.15, 0.2) is 0 Å². The molecule has 6 nitrogen and oxygen atoms in total. The Morgan fingerprint density at radius 1 is 1.00 bits per heavy atom. The molecular formula is C19H16O6. The molecule has 0 amide bonds. The third-order valence-corrected chi connectivity index (χ3v) is 3.13. The Labute approximate surface area is 144 Å². The van der Waals surface area contributed by atoms with Gasteiger partial charge in [0.25, 0.3) is 0 Å². The molecule has 128 valence electrons. The van der Waals surface area contributed by atoms with E-state index in [0.29, 0.717) is 17.6 Å². The number of hydrogen-bond donors (Lipinski definition) is 0. The van der Waals surface area contributed by atoms with Gasteiger partial charge in [-0.25, -0.2) is 4.79 Å². The second kappa shape index (κ2) is 8.44. The Morgan fingerprint density at radius 2 is 1.76 bits per heavy atom. The van der Waals surface area contributed by atoms with Crippen LogP contribution in [0.15, 0.2) is 48.5 Å². The first kappa shape index (κ1) is 17.9. The van der Waals surface area contributed by atoms with Gasteiger partial charge in [0, 0.05) is 12.5 Å². The predicted octanol–water partition coefficient (Wildman–Crippen LogP) is 3.05. The normalized spacial score (nSPS) is 10.3. The maximum atomic E-state index is 12.5. The molecule has 0 aromatic heterocycles. The summed E-state index contributed by atoms with van der Waals surface area (Å²) in [6.45, 7) is 1.24. The van der Waals surface area contributed by atoms with E-state index in [4.69, 9.17) is 14.2 Å². The highest BCUT2D eigenvalue weighted by molar-refractivity contribution is 5.95. The average Bonchev–Trinajstić information content (AvgIpc) is 2.60. The molecule has 0 fully saturated rings. The highest BCUT2D eigenvalue weighted by Gasteiger charge is 2.17. The van der Waals surface area contributed by atoms with Crippen LogP contribution < -0.4 is 14.2 Å². The van der Waals surface area contributed by atoms with E-state index in [1.165, 1.54) is 38.3 Å². The van der Waals surface area contributed by atoms with Crippen LogP contribution in [0.2, 0.25) is 0 Å². The third-order valence-electron chi connectivity index (χ3n) is 3.13. The highest BCUT2D eigenvalue weighted by atomic mass is 16.5. The molecule has 0 bridgehead atoms. The summed E-state index contributed by atoms with van der Waals surface area (Å²) in [7, 11) is 1.50. The summed E-state index contributed by atoms with van der Waals surface area (Å²) in [6, 6.07) is 11.1. The molecule has 0 aliphatic heterocycles. The molecule has 25 heavy (non-hydrogen) atoms. The van der Waals surface area contributed by atoms with Crippen molar-refractivity contribution < 1.29 is 28.6 Å². The lowest BCUT2D eigenvalue weighted by Gasteiger charge is -2.11. The largest absolute Gasteiger partial charge is 0.497 e. The van der Waals surface area contributed by atoms with Crippen LogP contribution in [0.4, 0.5) is 0 Å². The zero-order valence-corrected chi connectivity index (χ0v) is 13.7. The molecule has 2 rings (SSSR count). The molecule has 0 heterocycles. The van der Waals surface area contributed by atoms with E-state index in [1.807, 2.05) is 0 Å². The summed E-state index contributed by atoms with van der Waals surface area (Å²) in [6.07, 6.45) is 3.39. The van der Waals surface area contributed by atoms with Crippen molar-refractivity contribution in [2.24, 2.45) is 0 Å². The maximum Gasteiger partial charge on any atom is 0.347 e. The second-order valence-electron chi connectivity index (χ2n) is 4.88. The van der Waals surface area contributed by atoms with Crippen LogP contribution in [-0.2, 0) is 9.59 Å². The van der Waals surface area contributed by atoms with Crippen LogP contribution in [0.25, 0.3) is 6.08 Å². The van der Waals surface area contributed by atoms with Crippen LogP contribution in [0.1, 0.15) is 22.8 Å². The molecular weight excluding hydrogens is 324 g/mol. The van der Waals surface area contributed by atoms with E-state index >= 15 is 0 Å².